The monoisotopic (exact) mass is 256 g/mol. The van der Waals surface area contributed by atoms with E-state index in [4.69, 9.17) is 0 Å². The van der Waals surface area contributed by atoms with Gasteiger partial charge < -0.3 is 15.7 Å². The third-order valence-electron chi connectivity index (χ3n) is 4.46. The van der Waals surface area contributed by atoms with Gasteiger partial charge in [0.2, 0.25) is 0 Å². The highest BCUT2D eigenvalue weighted by atomic mass is 16.3. The summed E-state index contributed by atoms with van der Waals surface area (Å²) in [6.07, 6.45) is 4.68. The van der Waals surface area contributed by atoms with Crippen LogP contribution in [0.15, 0.2) is 0 Å². The van der Waals surface area contributed by atoms with Gasteiger partial charge >= 0.3 is 6.03 Å². The summed E-state index contributed by atoms with van der Waals surface area (Å²) < 4.78 is 0. The van der Waals surface area contributed by atoms with Gasteiger partial charge in [0.15, 0.2) is 0 Å². The van der Waals surface area contributed by atoms with Gasteiger partial charge in [-0.3, -0.25) is 0 Å². The summed E-state index contributed by atoms with van der Waals surface area (Å²) in [5.41, 5.74) is -0.592. The predicted octanol–water partition coefficient (Wildman–Crippen LogP) is 2.42. The van der Waals surface area contributed by atoms with Gasteiger partial charge in [-0.1, -0.05) is 34.1 Å². The van der Waals surface area contributed by atoms with Crippen LogP contribution in [0.5, 0.6) is 0 Å². The summed E-state index contributed by atoms with van der Waals surface area (Å²) in [7, 11) is 0. The molecule has 0 aromatic heterocycles. The number of hydrogen-bond acceptors (Lipinski definition) is 2. The molecule has 1 saturated carbocycles. The highest BCUT2D eigenvalue weighted by molar-refractivity contribution is 5.74. The number of amides is 2. The summed E-state index contributed by atoms with van der Waals surface area (Å²) in [4.78, 5) is 11.8. The SMILES string of the molecule is CCC(O)(CC)CNC(=O)NC1CCCC1(C)C. The second kappa shape index (κ2) is 5.91. The first-order valence-electron chi connectivity index (χ1n) is 7.10. The maximum Gasteiger partial charge on any atom is 0.315 e. The van der Waals surface area contributed by atoms with E-state index in [-0.39, 0.29) is 17.5 Å². The van der Waals surface area contributed by atoms with Gasteiger partial charge in [-0.15, -0.1) is 0 Å². The van der Waals surface area contributed by atoms with Crippen molar-refractivity contribution in [2.75, 3.05) is 6.54 Å². The van der Waals surface area contributed by atoms with Gasteiger partial charge in [0.05, 0.1) is 5.60 Å². The molecule has 1 unspecified atom stereocenters. The maximum atomic E-state index is 11.8. The minimum atomic E-state index is -0.775. The van der Waals surface area contributed by atoms with E-state index in [1.54, 1.807) is 0 Å². The van der Waals surface area contributed by atoms with E-state index in [0.29, 0.717) is 19.4 Å². The fourth-order valence-corrected chi connectivity index (χ4v) is 2.55. The van der Waals surface area contributed by atoms with Crippen LogP contribution in [0.3, 0.4) is 0 Å². The van der Waals surface area contributed by atoms with Crippen molar-refractivity contribution in [3.8, 4) is 0 Å². The Bertz CT molecular complexity index is 286. The van der Waals surface area contributed by atoms with Crippen LogP contribution in [0.25, 0.3) is 0 Å². The predicted molar refractivity (Wildman–Crippen MR) is 73.5 cm³/mol. The van der Waals surface area contributed by atoms with Crippen molar-refractivity contribution in [1.82, 2.24) is 10.6 Å². The smallest absolute Gasteiger partial charge is 0.315 e. The van der Waals surface area contributed by atoms with Crippen LogP contribution in [0.2, 0.25) is 0 Å². The van der Waals surface area contributed by atoms with Crippen LogP contribution in [-0.2, 0) is 0 Å². The molecule has 3 N–H and O–H groups in total. The zero-order valence-corrected chi connectivity index (χ0v) is 12.2. The van der Waals surface area contributed by atoms with Crippen LogP contribution in [0.4, 0.5) is 4.79 Å². The zero-order chi connectivity index (χ0) is 13.8. The lowest BCUT2D eigenvalue weighted by molar-refractivity contribution is 0.0347. The lowest BCUT2D eigenvalue weighted by Gasteiger charge is -2.29. The second-order valence-corrected chi connectivity index (χ2v) is 6.19. The van der Waals surface area contributed by atoms with Gasteiger partial charge in [-0.05, 0) is 31.1 Å². The van der Waals surface area contributed by atoms with Crippen molar-refractivity contribution < 1.29 is 9.90 Å². The number of carbonyl (C=O) groups excluding carboxylic acids is 1. The van der Waals surface area contributed by atoms with Crippen molar-refractivity contribution in [3.05, 3.63) is 0 Å². The molecule has 0 heterocycles. The first-order chi connectivity index (χ1) is 8.33. The lowest BCUT2D eigenvalue weighted by Crippen LogP contribution is -2.50. The van der Waals surface area contributed by atoms with Gasteiger partial charge in [0.25, 0.3) is 0 Å². The first-order valence-corrected chi connectivity index (χ1v) is 7.10. The second-order valence-electron chi connectivity index (χ2n) is 6.19. The fourth-order valence-electron chi connectivity index (χ4n) is 2.55. The Kier molecular flexibility index (Phi) is 5.02. The van der Waals surface area contributed by atoms with E-state index in [0.717, 1.165) is 12.8 Å². The number of urea groups is 1. The summed E-state index contributed by atoms with van der Waals surface area (Å²) in [6.45, 7) is 8.57. The van der Waals surface area contributed by atoms with E-state index >= 15 is 0 Å². The molecule has 4 heteroatoms. The molecular weight excluding hydrogens is 228 g/mol. The third-order valence-corrected chi connectivity index (χ3v) is 4.46. The van der Waals surface area contributed by atoms with Crippen LogP contribution in [0.1, 0.15) is 59.8 Å². The first kappa shape index (κ1) is 15.3. The molecule has 1 atom stereocenters. The minimum Gasteiger partial charge on any atom is -0.388 e. The largest absolute Gasteiger partial charge is 0.388 e. The highest BCUT2D eigenvalue weighted by Gasteiger charge is 2.35. The molecule has 1 aliphatic carbocycles. The number of nitrogens with one attached hydrogen (secondary N) is 2. The van der Waals surface area contributed by atoms with Gasteiger partial charge in [-0.2, -0.15) is 0 Å². The summed E-state index contributed by atoms with van der Waals surface area (Å²) >= 11 is 0. The quantitative estimate of drug-likeness (QED) is 0.707. The van der Waals surface area contributed by atoms with Crippen LogP contribution < -0.4 is 10.6 Å². The van der Waals surface area contributed by atoms with Crippen LogP contribution >= 0.6 is 0 Å². The van der Waals surface area contributed by atoms with Crippen molar-refractivity contribution in [1.29, 1.82) is 0 Å². The molecule has 0 bridgehead atoms. The molecule has 1 fully saturated rings. The topological polar surface area (TPSA) is 61.4 Å². The Morgan fingerprint density at radius 3 is 2.44 bits per heavy atom. The number of hydrogen-bond donors (Lipinski definition) is 3. The number of aliphatic hydroxyl groups is 1. The molecule has 0 saturated heterocycles. The Morgan fingerprint density at radius 2 is 2.00 bits per heavy atom. The maximum absolute atomic E-state index is 11.8. The average Bonchev–Trinajstić information content (AvgIpc) is 2.66. The molecular formula is C14H28N2O2. The lowest BCUT2D eigenvalue weighted by atomic mass is 9.87. The number of carbonyl (C=O) groups is 1. The highest BCUT2D eigenvalue weighted by Crippen LogP contribution is 2.37. The molecule has 18 heavy (non-hydrogen) atoms. The molecule has 0 aliphatic heterocycles. The Morgan fingerprint density at radius 1 is 1.39 bits per heavy atom. The Hall–Kier alpha value is -0.770. The fraction of sp³-hybridized carbons (Fsp3) is 0.929. The zero-order valence-electron chi connectivity index (χ0n) is 12.2. The molecule has 2 amide bonds. The van der Waals surface area contributed by atoms with Crippen molar-refractivity contribution in [2.45, 2.75) is 71.4 Å². The average molecular weight is 256 g/mol. The summed E-state index contributed by atoms with van der Waals surface area (Å²) in [5, 5.41) is 15.9. The summed E-state index contributed by atoms with van der Waals surface area (Å²) in [6, 6.07) is 0.0872. The number of rotatable bonds is 5. The van der Waals surface area contributed by atoms with E-state index in [1.165, 1.54) is 6.42 Å². The third kappa shape index (κ3) is 3.87. The Balaban J connectivity index is 2.38. The van der Waals surface area contributed by atoms with Gasteiger partial charge in [0.1, 0.15) is 0 Å². The van der Waals surface area contributed by atoms with E-state index < -0.39 is 5.60 Å². The molecule has 0 radical (unpaired) electrons. The van der Waals surface area contributed by atoms with Crippen LogP contribution in [0, 0.1) is 5.41 Å². The van der Waals surface area contributed by atoms with E-state index in [2.05, 4.69) is 24.5 Å². The molecule has 4 nitrogen and oxygen atoms in total. The van der Waals surface area contributed by atoms with Crippen molar-refractivity contribution >= 4 is 6.03 Å². The normalized spacial score (nSPS) is 22.8. The summed E-state index contributed by atoms with van der Waals surface area (Å²) in [5.74, 6) is 0. The molecule has 106 valence electrons. The molecule has 0 aromatic rings. The van der Waals surface area contributed by atoms with Crippen LogP contribution in [-0.4, -0.2) is 29.3 Å². The molecule has 0 aromatic carbocycles. The van der Waals surface area contributed by atoms with E-state index in [1.807, 2.05) is 13.8 Å². The minimum absolute atomic E-state index is 0.157. The van der Waals surface area contributed by atoms with E-state index in [9.17, 15) is 9.90 Å². The van der Waals surface area contributed by atoms with Gasteiger partial charge in [0, 0.05) is 12.6 Å². The van der Waals surface area contributed by atoms with Crippen molar-refractivity contribution in [3.63, 3.8) is 0 Å². The molecule has 0 spiro atoms. The molecule has 1 rings (SSSR count). The van der Waals surface area contributed by atoms with Gasteiger partial charge in [-0.25, -0.2) is 4.79 Å². The standard InChI is InChI=1S/C14H28N2O2/c1-5-14(18,6-2)10-15-12(17)16-11-8-7-9-13(11,3)4/h11,18H,5-10H2,1-4H3,(H2,15,16,17). The Labute approximate surface area is 111 Å². The van der Waals surface area contributed by atoms with Crippen molar-refractivity contribution in [2.24, 2.45) is 5.41 Å². The molecule has 1 aliphatic rings.